The number of piperidine rings is 1. The van der Waals surface area contributed by atoms with Crippen molar-refractivity contribution >= 4 is 41.8 Å². The fraction of sp³-hybridized carbons (Fsp3) is 0.556. The van der Waals surface area contributed by atoms with Crippen LogP contribution in [-0.4, -0.2) is 59.2 Å². The van der Waals surface area contributed by atoms with Gasteiger partial charge in [0.15, 0.2) is 0 Å². The zero-order valence-electron chi connectivity index (χ0n) is 22.6. The van der Waals surface area contributed by atoms with Gasteiger partial charge in [0.05, 0.1) is 0 Å². The predicted molar refractivity (Wildman–Crippen MR) is 140 cm³/mol. The summed E-state index contributed by atoms with van der Waals surface area (Å²) in [7, 11) is 0. The number of hydrogen-bond acceptors (Lipinski definition) is 7. The minimum absolute atomic E-state index is 0.0338. The molecule has 1 aromatic rings. The molecule has 0 saturated carbocycles. The quantitative estimate of drug-likeness (QED) is 0.213. The van der Waals surface area contributed by atoms with Crippen LogP contribution in [-0.2, 0) is 23.9 Å². The molecule has 0 radical (unpaired) electrons. The molecule has 0 bridgehead atoms. The van der Waals surface area contributed by atoms with Crippen molar-refractivity contribution in [2.24, 2.45) is 0 Å². The highest BCUT2D eigenvalue weighted by Crippen LogP contribution is 2.21. The van der Waals surface area contributed by atoms with E-state index in [2.05, 4.69) is 16.0 Å². The normalized spacial score (nSPS) is 15.3. The van der Waals surface area contributed by atoms with Gasteiger partial charge >= 0.3 is 6.09 Å². The Morgan fingerprint density at radius 1 is 1.11 bits per heavy atom. The van der Waals surface area contributed by atoms with Crippen molar-refractivity contribution in [3.8, 4) is 0 Å². The number of carbonyl (C=O) groups excluding carboxylic acids is 6. The van der Waals surface area contributed by atoms with Crippen LogP contribution in [0.3, 0.4) is 0 Å². The summed E-state index contributed by atoms with van der Waals surface area (Å²) in [5.74, 6) is -2.01. The predicted octanol–water partition coefficient (Wildman–Crippen LogP) is 3.20. The number of nitrogens with zero attached hydrogens (tertiary/aromatic N) is 1. The number of nitrogens with one attached hydrogen (secondary N) is 3. The number of carbonyl (C=O) groups is 6. The van der Waals surface area contributed by atoms with Crippen molar-refractivity contribution in [2.75, 3.05) is 11.9 Å². The maximum absolute atomic E-state index is 13.1. The topological polar surface area (TPSA) is 151 Å². The van der Waals surface area contributed by atoms with Gasteiger partial charge < -0.3 is 15.4 Å². The van der Waals surface area contributed by atoms with Crippen molar-refractivity contribution in [3.05, 3.63) is 29.3 Å². The molecule has 0 aliphatic carbocycles. The summed E-state index contributed by atoms with van der Waals surface area (Å²) in [4.78, 5) is 73.1. The fourth-order valence-electron chi connectivity index (χ4n) is 3.95. The van der Waals surface area contributed by atoms with Gasteiger partial charge in [-0.05, 0) is 64.7 Å². The number of imide groups is 2. The van der Waals surface area contributed by atoms with Gasteiger partial charge in [-0.15, -0.1) is 0 Å². The maximum Gasteiger partial charge on any atom is 0.407 e. The molecule has 1 atom stereocenters. The number of amides is 6. The number of hydrogen-bond donors (Lipinski definition) is 3. The summed E-state index contributed by atoms with van der Waals surface area (Å²) in [6.07, 6.45) is 4.49. The highest BCUT2D eigenvalue weighted by Gasteiger charge is 2.35. The van der Waals surface area contributed by atoms with E-state index < -0.39 is 35.5 Å². The van der Waals surface area contributed by atoms with Crippen LogP contribution in [0.4, 0.5) is 10.5 Å². The molecule has 1 saturated heterocycles. The van der Waals surface area contributed by atoms with Crippen LogP contribution in [0.5, 0.6) is 0 Å². The third-order valence-corrected chi connectivity index (χ3v) is 5.89. The van der Waals surface area contributed by atoms with E-state index in [4.69, 9.17) is 4.74 Å². The van der Waals surface area contributed by atoms with Crippen LogP contribution < -0.4 is 16.0 Å². The molecule has 11 nitrogen and oxygen atoms in total. The minimum atomic E-state index is -1.07. The Bertz CT molecular complexity index is 1050. The van der Waals surface area contributed by atoms with Crippen molar-refractivity contribution in [1.29, 1.82) is 0 Å². The monoisotopic (exact) mass is 530 g/mol. The van der Waals surface area contributed by atoms with E-state index >= 15 is 0 Å². The first-order chi connectivity index (χ1) is 17.9. The summed E-state index contributed by atoms with van der Waals surface area (Å²) in [6, 6.07) is 3.74. The Morgan fingerprint density at radius 2 is 1.79 bits per heavy atom. The Kier molecular flexibility index (Phi) is 11.4. The minimum Gasteiger partial charge on any atom is -0.444 e. The van der Waals surface area contributed by atoms with Gasteiger partial charge in [0.2, 0.25) is 24.1 Å². The van der Waals surface area contributed by atoms with E-state index in [0.29, 0.717) is 37.0 Å². The molecule has 1 aliphatic heterocycles. The summed E-state index contributed by atoms with van der Waals surface area (Å²) in [6.45, 7) is 7.66. The second-order valence-corrected chi connectivity index (χ2v) is 10.3. The molecule has 2 rings (SSSR count). The third kappa shape index (κ3) is 9.95. The standard InChI is InChI=1S/C27H38N4O7/c1-18-11-12-19(16-20(18)25(36)31(17-32)21-13-14-23(34)30-24(21)35)29-22(33)10-8-6-5-7-9-15-28-26(37)38-27(2,3)4/h11-12,16-17,21H,5-10,13-15H2,1-4H3,(H,28,37)(H,29,33)(H,30,34,35). The van der Waals surface area contributed by atoms with Crippen molar-refractivity contribution in [2.45, 2.75) is 90.7 Å². The molecule has 1 heterocycles. The molecule has 0 aromatic heterocycles. The molecule has 6 amide bonds. The second-order valence-electron chi connectivity index (χ2n) is 10.3. The number of alkyl carbamates (subject to hydrolysis) is 1. The number of aryl methyl sites for hydroxylation is 1. The maximum atomic E-state index is 13.1. The molecule has 1 unspecified atom stereocenters. The summed E-state index contributed by atoms with van der Waals surface area (Å²) in [5.41, 5.74) is 0.644. The van der Waals surface area contributed by atoms with Gasteiger partial charge in [0.1, 0.15) is 11.6 Å². The average Bonchev–Trinajstić information content (AvgIpc) is 2.82. The molecular formula is C27H38N4O7. The molecule has 0 spiro atoms. The van der Waals surface area contributed by atoms with Crippen LogP contribution >= 0.6 is 0 Å². The van der Waals surface area contributed by atoms with Crippen molar-refractivity contribution < 1.29 is 33.5 Å². The highest BCUT2D eigenvalue weighted by atomic mass is 16.6. The summed E-state index contributed by atoms with van der Waals surface area (Å²) >= 11 is 0. The first-order valence-corrected chi connectivity index (χ1v) is 12.9. The second kappa shape index (κ2) is 14.3. The van der Waals surface area contributed by atoms with E-state index in [0.717, 1.165) is 30.6 Å². The lowest BCUT2D eigenvalue weighted by Crippen LogP contribution is -2.53. The zero-order chi connectivity index (χ0) is 28.3. The molecule has 11 heteroatoms. The number of rotatable bonds is 12. The fourth-order valence-corrected chi connectivity index (χ4v) is 3.95. The van der Waals surface area contributed by atoms with Gasteiger partial charge in [-0.1, -0.05) is 25.3 Å². The van der Waals surface area contributed by atoms with Gasteiger partial charge in [-0.3, -0.25) is 34.2 Å². The van der Waals surface area contributed by atoms with Gasteiger partial charge in [0.25, 0.3) is 5.91 Å². The smallest absolute Gasteiger partial charge is 0.407 e. The SMILES string of the molecule is Cc1ccc(NC(=O)CCCCCCCNC(=O)OC(C)(C)C)cc1C(=O)N(C=O)C1CCC(=O)NC1=O. The first kappa shape index (κ1) is 30.5. The lowest BCUT2D eigenvalue weighted by molar-refractivity contribution is -0.139. The Balaban J connectivity index is 1.78. The van der Waals surface area contributed by atoms with Crippen LogP contribution in [0.1, 0.15) is 88.1 Å². The lowest BCUT2D eigenvalue weighted by Gasteiger charge is -2.28. The van der Waals surface area contributed by atoms with E-state index in [9.17, 15) is 28.8 Å². The first-order valence-electron chi connectivity index (χ1n) is 12.9. The third-order valence-electron chi connectivity index (χ3n) is 5.89. The van der Waals surface area contributed by atoms with E-state index in [1.54, 1.807) is 19.1 Å². The van der Waals surface area contributed by atoms with Gasteiger partial charge in [0, 0.05) is 30.6 Å². The summed E-state index contributed by atoms with van der Waals surface area (Å²) < 4.78 is 5.18. The number of ether oxygens (including phenoxy) is 1. The highest BCUT2D eigenvalue weighted by molar-refractivity contribution is 6.08. The number of unbranched alkanes of at least 4 members (excludes halogenated alkanes) is 4. The molecule has 1 aromatic carbocycles. The summed E-state index contributed by atoms with van der Waals surface area (Å²) in [5, 5.41) is 7.64. The molecule has 1 aliphatic rings. The Labute approximate surface area is 223 Å². The molecule has 38 heavy (non-hydrogen) atoms. The van der Waals surface area contributed by atoms with E-state index in [-0.39, 0.29) is 24.3 Å². The number of benzene rings is 1. The molecule has 3 N–H and O–H groups in total. The van der Waals surface area contributed by atoms with Crippen LogP contribution in [0.2, 0.25) is 0 Å². The van der Waals surface area contributed by atoms with Gasteiger partial charge in [-0.2, -0.15) is 0 Å². The van der Waals surface area contributed by atoms with Crippen LogP contribution in [0.15, 0.2) is 18.2 Å². The Hall–Kier alpha value is -3.76. The van der Waals surface area contributed by atoms with Crippen molar-refractivity contribution in [1.82, 2.24) is 15.5 Å². The van der Waals surface area contributed by atoms with Crippen LogP contribution in [0.25, 0.3) is 0 Å². The average molecular weight is 531 g/mol. The molecule has 1 fully saturated rings. The number of anilines is 1. The lowest BCUT2D eigenvalue weighted by atomic mass is 10.0. The zero-order valence-corrected chi connectivity index (χ0v) is 22.6. The largest absolute Gasteiger partial charge is 0.444 e. The van der Waals surface area contributed by atoms with Gasteiger partial charge in [-0.25, -0.2) is 4.79 Å². The van der Waals surface area contributed by atoms with E-state index in [1.165, 1.54) is 6.07 Å². The Morgan fingerprint density at radius 3 is 2.45 bits per heavy atom. The molecule has 208 valence electrons. The van der Waals surface area contributed by atoms with Crippen molar-refractivity contribution in [3.63, 3.8) is 0 Å². The molecular weight excluding hydrogens is 492 g/mol. The van der Waals surface area contributed by atoms with Crippen LogP contribution in [0, 0.1) is 6.92 Å². The van der Waals surface area contributed by atoms with E-state index in [1.807, 2.05) is 20.8 Å².